The number of rotatable bonds is 2. The maximum absolute atomic E-state index is 12.7. The largest absolute Gasteiger partial charge is 0.328 e. The zero-order valence-corrected chi connectivity index (χ0v) is 12.5. The lowest BCUT2D eigenvalue weighted by Crippen LogP contribution is -2.71. The van der Waals surface area contributed by atoms with Crippen LogP contribution in [-0.4, -0.2) is 35.8 Å². The molecular weight excluding hydrogens is 282 g/mol. The molecule has 1 aromatic carbocycles. The maximum Gasteiger partial charge on any atom is 0.328 e. The number of hydrogen-bond acceptors (Lipinski definition) is 4. The van der Waals surface area contributed by atoms with Crippen LogP contribution in [0.15, 0.2) is 30.3 Å². The first-order chi connectivity index (χ1) is 10.5. The van der Waals surface area contributed by atoms with Crippen molar-refractivity contribution in [1.82, 2.24) is 15.5 Å². The summed E-state index contributed by atoms with van der Waals surface area (Å²) in [5.41, 5.74) is -0.873. The van der Waals surface area contributed by atoms with Gasteiger partial charge in [-0.05, 0) is 24.3 Å². The number of urea groups is 1. The molecule has 0 radical (unpaired) electrons. The van der Waals surface area contributed by atoms with Crippen molar-refractivity contribution in [3.05, 3.63) is 35.9 Å². The average Bonchev–Trinajstić information content (AvgIpc) is 2.49. The molecule has 0 aromatic heterocycles. The van der Waals surface area contributed by atoms with E-state index in [9.17, 15) is 14.4 Å². The molecule has 0 atom stereocenters. The van der Waals surface area contributed by atoms with E-state index in [1.165, 1.54) is 0 Å². The van der Waals surface area contributed by atoms with Crippen LogP contribution >= 0.6 is 0 Å². The average molecular weight is 301 g/mol. The Morgan fingerprint density at radius 3 is 2.09 bits per heavy atom. The van der Waals surface area contributed by atoms with Gasteiger partial charge in [-0.15, -0.1) is 0 Å². The molecule has 2 aliphatic heterocycles. The third-order valence-corrected chi connectivity index (χ3v) is 4.56. The van der Waals surface area contributed by atoms with Crippen LogP contribution in [0.1, 0.15) is 25.3 Å². The quantitative estimate of drug-likeness (QED) is 0.798. The third kappa shape index (κ3) is 2.20. The van der Waals surface area contributed by atoms with Crippen LogP contribution in [0.5, 0.6) is 0 Å². The first kappa shape index (κ1) is 14.7. The number of amides is 4. The zero-order valence-electron chi connectivity index (χ0n) is 12.5. The lowest BCUT2D eigenvalue weighted by Gasteiger charge is -2.45. The summed E-state index contributed by atoms with van der Waals surface area (Å²) in [4.78, 5) is 38.7. The second-order valence-electron chi connectivity index (χ2n) is 5.98. The molecule has 2 saturated heterocycles. The Labute approximate surface area is 128 Å². The van der Waals surface area contributed by atoms with Gasteiger partial charge in [0.05, 0.1) is 0 Å². The van der Waals surface area contributed by atoms with Crippen molar-refractivity contribution in [2.45, 2.75) is 25.3 Å². The second kappa shape index (κ2) is 5.53. The molecule has 1 aromatic rings. The number of barbiturate groups is 1. The minimum atomic E-state index is -1.46. The van der Waals surface area contributed by atoms with Crippen molar-refractivity contribution < 1.29 is 14.4 Å². The number of benzene rings is 1. The fraction of sp³-hybridized carbons (Fsp3) is 0.438. The molecule has 2 heterocycles. The molecule has 0 unspecified atom stereocenters. The van der Waals surface area contributed by atoms with Crippen LogP contribution < -0.4 is 10.6 Å². The molecule has 22 heavy (non-hydrogen) atoms. The minimum absolute atomic E-state index is 0.568. The molecule has 4 amide bonds. The van der Waals surface area contributed by atoms with Crippen LogP contribution in [0.2, 0.25) is 0 Å². The molecule has 0 saturated carbocycles. The van der Waals surface area contributed by atoms with E-state index in [0.717, 1.165) is 12.8 Å². The molecule has 0 bridgehead atoms. The Kier molecular flexibility index (Phi) is 3.70. The van der Waals surface area contributed by atoms with Gasteiger partial charge in [0.1, 0.15) is 0 Å². The molecule has 116 valence electrons. The number of likely N-dealkylation sites (tertiary alicyclic amines) is 1. The topological polar surface area (TPSA) is 78.5 Å². The fourth-order valence-corrected chi connectivity index (χ4v) is 3.28. The van der Waals surface area contributed by atoms with E-state index in [1.54, 1.807) is 24.3 Å². The van der Waals surface area contributed by atoms with Gasteiger partial charge in [0.25, 0.3) is 11.8 Å². The SMILES string of the molecule is CC1CCN(C2(c3ccccc3)C(=O)NC(=O)NC2=O)CC1. The molecule has 2 fully saturated rings. The molecule has 2 N–H and O–H groups in total. The summed E-state index contributed by atoms with van der Waals surface area (Å²) in [6.07, 6.45) is 1.84. The number of carbonyl (C=O) groups is 3. The number of imide groups is 2. The van der Waals surface area contributed by atoms with Crippen molar-refractivity contribution in [3.63, 3.8) is 0 Å². The number of nitrogens with one attached hydrogen (secondary N) is 2. The highest BCUT2D eigenvalue weighted by Gasteiger charge is 2.56. The summed E-state index contributed by atoms with van der Waals surface area (Å²) in [6.45, 7) is 3.45. The molecule has 2 aliphatic rings. The Hall–Kier alpha value is -2.21. The van der Waals surface area contributed by atoms with E-state index in [4.69, 9.17) is 0 Å². The van der Waals surface area contributed by atoms with Crippen LogP contribution in [0.4, 0.5) is 4.79 Å². The predicted molar refractivity (Wildman–Crippen MR) is 79.8 cm³/mol. The normalized spacial score (nSPS) is 23.0. The molecule has 0 spiro atoms. The summed E-state index contributed by atoms with van der Waals surface area (Å²) in [5.74, 6) is -0.565. The van der Waals surface area contributed by atoms with Crippen LogP contribution in [0, 0.1) is 5.92 Å². The Balaban J connectivity index is 2.08. The fourth-order valence-electron chi connectivity index (χ4n) is 3.28. The van der Waals surface area contributed by atoms with Crippen LogP contribution in [-0.2, 0) is 15.1 Å². The van der Waals surface area contributed by atoms with Crippen molar-refractivity contribution >= 4 is 17.8 Å². The Morgan fingerprint density at radius 1 is 1.00 bits per heavy atom. The minimum Gasteiger partial charge on any atom is -0.278 e. The molecule has 6 nitrogen and oxygen atoms in total. The van der Waals surface area contributed by atoms with Crippen molar-refractivity contribution in [3.8, 4) is 0 Å². The number of piperidine rings is 1. The highest BCUT2D eigenvalue weighted by molar-refractivity contribution is 6.22. The molecule has 3 rings (SSSR count). The summed E-state index contributed by atoms with van der Waals surface area (Å²) in [5, 5.41) is 4.51. The van der Waals surface area contributed by atoms with Crippen molar-refractivity contribution in [2.24, 2.45) is 5.92 Å². The van der Waals surface area contributed by atoms with Gasteiger partial charge in [-0.1, -0.05) is 37.3 Å². The Bertz CT molecular complexity index is 586. The molecular formula is C16H19N3O3. The van der Waals surface area contributed by atoms with Crippen LogP contribution in [0.25, 0.3) is 0 Å². The first-order valence-corrected chi connectivity index (χ1v) is 7.52. The van der Waals surface area contributed by atoms with E-state index in [2.05, 4.69) is 17.6 Å². The molecule has 0 aliphatic carbocycles. The van der Waals surface area contributed by atoms with Gasteiger partial charge in [-0.3, -0.25) is 25.1 Å². The number of hydrogen-bond donors (Lipinski definition) is 2. The smallest absolute Gasteiger partial charge is 0.278 e. The predicted octanol–water partition coefficient (Wildman–Crippen LogP) is 0.980. The molecule has 6 heteroatoms. The van der Waals surface area contributed by atoms with Gasteiger partial charge in [0.15, 0.2) is 0 Å². The van der Waals surface area contributed by atoms with E-state index in [0.29, 0.717) is 24.6 Å². The van der Waals surface area contributed by atoms with Gasteiger partial charge in [-0.25, -0.2) is 4.79 Å². The highest BCUT2D eigenvalue weighted by Crippen LogP contribution is 2.34. The first-order valence-electron chi connectivity index (χ1n) is 7.52. The second-order valence-corrected chi connectivity index (χ2v) is 5.98. The van der Waals surface area contributed by atoms with Gasteiger partial charge in [-0.2, -0.15) is 0 Å². The number of nitrogens with zero attached hydrogens (tertiary/aromatic N) is 1. The van der Waals surface area contributed by atoms with Gasteiger partial charge in [0, 0.05) is 13.1 Å². The van der Waals surface area contributed by atoms with E-state index in [1.807, 2.05) is 11.0 Å². The lowest BCUT2D eigenvalue weighted by atomic mass is 9.82. The van der Waals surface area contributed by atoms with E-state index >= 15 is 0 Å². The van der Waals surface area contributed by atoms with Crippen molar-refractivity contribution in [2.75, 3.05) is 13.1 Å². The Morgan fingerprint density at radius 2 is 1.55 bits per heavy atom. The van der Waals surface area contributed by atoms with E-state index in [-0.39, 0.29) is 0 Å². The summed E-state index contributed by atoms with van der Waals surface area (Å²) in [7, 11) is 0. The zero-order chi connectivity index (χ0) is 15.7. The van der Waals surface area contributed by atoms with E-state index < -0.39 is 23.4 Å². The lowest BCUT2D eigenvalue weighted by molar-refractivity contribution is -0.150. The van der Waals surface area contributed by atoms with Gasteiger partial charge >= 0.3 is 6.03 Å². The van der Waals surface area contributed by atoms with Crippen molar-refractivity contribution in [1.29, 1.82) is 0 Å². The highest BCUT2D eigenvalue weighted by atomic mass is 16.2. The summed E-state index contributed by atoms with van der Waals surface area (Å²) < 4.78 is 0. The summed E-state index contributed by atoms with van der Waals surface area (Å²) in [6, 6.07) is 8.17. The maximum atomic E-state index is 12.7. The third-order valence-electron chi connectivity index (χ3n) is 4.56. The van der Waals surface area contributed by atoms with Gasteiger partial charge in [0.2, 0.25) is 5.54 Å². The summed E-state index contributed by atoms with van der Waals surface area (Å²) >= 11 is 0. The number of carbonyl (C=O) groups excluding carboxylic acids is 3. The standard InChI is InChI=1S/C16H19N3O3/c1-11-7-9-19(10-8-11)16(12-5-3-2-4-6-12)13(20)17-15(22)18-14(16)21/h2-6,11H,7-10H2,1H3,(H2,17,18,20,21,22). The van der Waals surface area contributed by atoms with Crippen LogP contribution in [0.3, 0.4) is 0 Å². The monoisotopic (exact) mass is 301 g/mol. The van der Waals surface area contributed by atoms with Gasteiger partial charge < -0.3 is 0 Å².